The van der Waals surface area contributed by atoms with E-state index in [1.807, 2.05) is 0 Å². The molecule has 2 rings (SSSR count). The van der Waals surface area contributed by atoms with Crippen LogP contribution < -0.4 is 0 Å². The van der Waals surface area contributed by atoms with Gasteiger partial charge in [0.05, 0.1) is 11.0 Å². The second-order valence-corrected chi connectivity index (χ2v) is 5.48. The lowest BCUT2D eigenvalue weighted by Crippen LogP contribution is -2.41. The molecule has 0 aromatic carbocycles. The summed E-state index contributed by atoms with van der Waals surface area (Å²) >= 11 is 5.72. The number of halogens is 1. The molecule has 8 heteroatoms. The zero-order valence-electron chi connectivity index (χ0n) is 11.5. The third kappa shape index (κ3) is 3.30. The first-order chi connectivity index (χ1) is 9.91. The number of aliphatic hydroxyl groups is 1. The first-order valence-corrected chi connectivity index (χ1v) is 7.06. The first kappa shape index (κ1) is 15.7. The smallest absolute Gasteiger partial charge is 0.319 e. The Morgan fingerprint density at radius 2 is 2.19 bits per heavy atom. The number of likely N-dealkylation sites (tertiary alicyclic amines) is 1. The van der Waals surface area contributed by atoms with E-state index in [4.69, 9.17) is 11.6 Å². The summed E-state index contributed by atoms with van der Waals surface area (Å²) in [6.07, 6.45) is 2.23. The van der Waals surface area contributed by atoms with Gasteiger partial charge in [0.25, 0.3) is 5.91 Å². The van der Waals surface area contributed by atoms with E-state index in [1.54, 1.807) is 11.8 Å². The molecule has 114 valence electrons. The molecule has 0 bridgehead atoms. The quantitative estimate of drug-likeness (QED) is 0.522. The molecule has 0 radical (unpaired) electrons. The van der Waals surface area contributed by atoms with Gasteiger partial charge >= 0.3 is 5.69 Å². The third-order valence-corrected chi connectivity index (χ3v) is 4.08. The summed E-state index contributed by atoms with van der Waals surface area (Å²) in [6.45, 7) is 2.66. The average Bonchev–Trinajstić information content (AvgIpc) is 2.46. The third-order valence-electron chi connectivity index (χ3n) is 3.80. The molecule has 0 aliphatic carbocycles. The number of aliphatic hydroxyl groups excluding tert-OH is 1. The van der Waals surface area contributed by atoms with E-state index in [0.29, 0.717) is 25.9 Å². The number of rotatable bonds is 3. The van der Waals surface area contributed by atoms with Crippen LogP contribution in [0.2, 0.25) is 5.15 Å². The zero-order valence-corrected chi connectivity index (χ0v) is 12.3. The van der Waals surface area contributed by atoms with E-state index in [0.717, 1.165) is 0 Å². The van der Waals surface area contributed by atoms with Crippen molar-refractivity contribution in [3.8, 4) is 0 Å². The Kier molecular flexibility index (Phi) is 4.74. The molecule has 21 heavy (non-hydrogen) atoms. The van der Waals surface area contributed by atoms with Crippen LogP contribution in [0.1, 0.15) is 30.1 Å². The van der Waals surface area contributed by atoms with Crippen LogP contribution in [0, 0.1) is 16.0 Å². The number of carbonyl (C=O) groups excluding carboxylic acids is 1. The summed E-state index contributed by atoms with van der Waals surface area (Å²) in [5.74, 6) is -0.264. The van der Waals surface area contributed by atoms with Gasteiger partial charge in [0.15, 0.2) is 0 Å². The summed E-state index contributed by atoms with van der Waals surface area (Å²) < 4.78 is 0. The van der Waals surface area contributed by atoms with Crippen LogP contribution in [0.3, 0.4) is 0 Å². The minimum Gasteiger partial charge on any atom is -0.393 e. The molecule has 1 fully saturated rings. The summed E-state index contributed by atoms with van der Waals surface area (Å²) in [5, 5.41) is 20.3. The minimum atomic E-state index is -0.689. The van der Waals surface area contributed by atoms with Crippen LogP contribution in [-0.4, -0.2) is 45.0 Å². The largest absolute Gasteiger partial charge is 0.393 e. The van der Waals surface area contributed by atoms with Crippen molar-refractivity contribution in [1.82, 2.24) is 9.88 Å². The summed E-state index contributed by atoms with van der Waals surface area (Å²) in [6, 6.07) is 1.31. The van der Waals surface area contributed by atoms with Crippen LogP contribution in [0.5, 0.6) is 0 Å². The first-order valence-electron chi connectivity index (χ1n) is 6.68. The maximum Gasteiger partial charge on any atom is 0.319 e. The second kappa shape index (κ2) is 6.36. The number of hydrogen-bond donors (Lipinski definition) is 1. The fourth-order valence-corrected chi connectivity index (χ4v) is 2.76. The van der Waals surface area contributed by atoms with E-state index >= 15 is 0 Å². The Morgan fingerprint density at radius 3 is 2.71 bits per heavy atom. The average molecular weight is 314 g/mol. The van der Waals surface area contributed by atoms with Gasteiger partial charge in [0.2, 0.25) is 5.15 Å². The minimum absolute atomic E-state index is 0.0458. The standard InChI is InChI=1S/C13H16ClN3O4/c1-8(18)9-3-6-16(7-4-9)13(19)10-2-5-15-12(14)11(10)17(20)21/h2,5,8-9,18H,3-4,6-7H2,1H3. The monoisotopic (exact) mass is 313 g/mol. The molecule has 0 spiro atoms. The highest BCUT2D eigenvalue weighted by Gasteiger charge is 2.31. The molecular weight excluding hydrogens is 298 g/mol. The highest BCUT2D eigenvalue weighted by molar-refractivity contribution is 6.32. The molecule has 1 aliphatic heterocycles. The van der Waals surface area contributed by atoms with Gasteiger partial charge in [0, 0.05) is 19.3 Å². The van der Waals surface area contributed by atoms with Gasteiger partial charge in [-0.1, -0.05) is 11.6 Å². The molecule has 7 nitrogen and oxygen atoms in total. The van der Waals surface area contributed by atoms with Crippen LogP contribution in [0.4, 0.5) is 5.69 Å². The zero-order chi connectivity index (χ0) is 15.6. The normalized spacial score (nSPS) is 17.6. The highest BCUT2D eigenvalue weighted by Crippen LogP contribution is 2.29. The number of carbonyl (C=O) groups is 1. The predicted molar refractivity (Wildman–Crippen MR) is 76.2 cm³/mol. The Labute approximate surface area is 126 Å². The number of piperidine rings is 1. The highest BCUT2D eigenvalue weighted by atomic mass is 35.5. The van der Waals surface area contributed by atoms with Gasteiger partial charge < -0.3 is 10.0 Å². The van der Waals surface area contributed by atoms with Gasteiger partial charge in [0.1, 0.15) is 5.56 Å². The summed E-state index contributed by atoms with van der Waals surface area (Å²) in [4.78, 5) is 28.0. The number of nitrogens with zero attached hydrogens (tertiary/aromatic N) is 3. The van der Waals surface area contributed by atoms with Gasteiger partial charge in [-0.05, 0) is 31.7 Å². The second-order valence-electron chi connectivity index (χ2n) is 5.13. The number of nitro groups is 1. The van der Waals surface area contributed by atoms with Crippen molar-refractivity contribution in [1.29, 1.82) is 0 Å². The fraction of sp³-hybridized carbons (Fsp3) is 0.538. The molecule has 1 unspecified atom stereocenters. The molecule has 1 aliphatic rings. The van der Waals surface area contributed by atoms with E-state index in [2.05, 4.69) is 4.98 Å². The molecule has 1 aromatic rings. The van der Waals surface area contributed by atoms with Gasteiger partial charge in [-0.3, -0.25) is 14.9 Å². The lowest BCUT2D eigenvalue weighted by Gasteiger charge is -2.33. The number of aromatic nitrogens is 1. The van der Waals surface area contributed by atoms with E-state index < -0.39 is 22.6 Å². The Morgan fingerprint density at radius 1 is 1.57 bits per heavy atom. The van der Waals surface area contributed by atoms with Crippen molar-refractivity contribution in [3.63, 3.8) is 0 Å². The van der Waals surface area contributed by atoms with Crippen molar-refractivity contribution < 1.29 is 14.8 Å². The maximum absolute atomic E-state index is 12.4. The molecular formula is C13H16ClN3O4. The van der Waals surface area contributed by atoms with Crippen LogP contribution in [-0.2, 0) is 0 Å². The van der Waals surface area contributed by atoms with Crippen molar-refractivity contribution >= 4 is 23.2 Å². The van der Waals surface area contributed by atoms with E-state index in [-0.39, 0.29) is 16.6 Å². The molecule has 1 amide bonds. The van der Waals surface area contributed by atoms with E-state index in [9.17, 15) is 20.0 Å². The Hall–Kier alpha value is -1.73. The van der Waals surface area contributed by atoms with Gasteiger partial charge in [-0.15, -0.1) is 0 Å². The lowest BCUT2D eigenvalue weighted by molar-refractivity contribution is -0.385. The van der Waals surface area contributed by atoms with Gasteiger partial charge in [-0.25, -0.2) is 4.98 Å². The maximum atomic E-state index is 12.4. The van der Waals surface area contributed by atoms with Crippen LogP contribution in [0.25, 0.3) is 0 Å². The Balaban J connectivity index is 2.19. The van der Waals surface area contributed by atoms with Gasteiger partial charge in [-0.2, -0.15) is 0 Å². The fourth-order valence-electron chi connectivity index (χ4n) is 2.53. The molecule has 0 saturated carbocycles. The van der Waals surface area contributed by atoms with E-state index in [1.165, 1.54) is 12.3 Å². The number of amides is 1. The predicted octanol–water partition coefficient (Wildman–Crippen LogP) is 1.88. The van der Waals surface area contributed by atoms with Crippen molar-refractivity contribution in [3.05, 3.63) is 33.1 Å². The summed E-state index contributed by atoms with van der Waals surface area (Å²) in [7, 11) is 0. The SMILES string of the molecule is CC(O)C1CCN(C(=O)c2ccnc(Cl)c2[N+](=O)[O-])CC1. The molecule has 1 saturated heterocycles. The number of pyridine rings is 1. The molecule has 1 aromatic heterocycles. The van der Waals surface area contributed by atoms with Crippen LogP contribution in [0.15, 0.2) is 12.3 Å². The molecule has 1 N–H and O–H groups in total. The molecule has 1 atom stereocenters. The lowest BCUT2D eigenvalue weighted by atomic mass is 9.92. The van der Waals surface area contributed by atoms with Crippen molar-refractivity contribution in [2.45, 2.75) is 25.9 Å². The topological polar surface area (TPSA) is 96.6 Å². The Bertz CT molecular complexity index is 556. The van der Waals surface area contributed by atoms with Crippen molar-refractivity contribution in [2.75, 3.05) is 13.1 Å². The summed E-state index contributed by atoms with van der Waals surface area (Å²) in [5.41, 5.74) is -0.502. The number of hydrogen-bond acceptors (Lipinski definition) is 5. The van der Waals surface area contributed by atoms with Crippen molar-refractivity contribution in [2.24, 2.45) is 5.92 Å². The molecule has 2 heterocycles. The van der Waals surface area contributed by atoms with Crippen LogP contribution >= 0.6 is 11.6 Å².